The molecule has 0 saturated heterocycles. The van der Waals surface area contributed by atoms with E-state index in [9.17, 15) is 5.11 Å². The molecule has 0 radical (unpaired) electrons. The number of fused-ring (bicyclic) bond motifs is 7. The second-order valence-electron chi connectivity index (χ2n) is 8.66. The summed E-state index contributed by atoms with van der Waals surface area (Å²) in [6.45, 7) is 1.68. The van der Waals surface area contributed by atoms with Crippen LogP contribution in [-0.4, -0.2) is 16.6 Å². The molecule has 0 amide bonds. The van der Waals surface area contributed by atoms with Crippen molar-refractivity contribution in [2.24, 2.45) is 0 Å². The molecule has 0 spiro atoms. The number of hydrogen-bond acceptors (Lipinski definition) is 2. The molecule has 5 aromatic rings. The molecule has 0 fully saturated rings. The molecule has 0 bridgehead atoms. The van der Waals surface area contributed by atoms with Crippen LogP contribution in [0.5, 0.6) is 0 Å². The summed E-state index contributed by atoms with van der Waals surface area (Å²) in [5.41, 5.74) is 6.45. The highest BCUT2D eigenvalue weighted by molar-refractivity contribution is 6.08. The molecule has 156 valence electrons. The number of aliphatic hydroxyl groups excluding tert-OH is 1. The van der Waals surface area contributed by atoms with Crippen LogP contribution >= 0.6 is 0 Å². The molecule has 1 N–H and O–H groups in total. The maximum absolute atomic E-state index is 10.4. The lowest BCUT2D eigenvalue weighted by Crippen LogP contribution is -2.29. The zero-order valence-corrected chi connectivity index (χ0v) is 17.9. The van der Waals surface area contributed by atoms with Crippen LogP contribution in [0.15, 0.2) is 103 Å². The van der Waals surface area contributed by atoms with Gasteiger partial charge in [0.1, 0.15) is 0 Å². The Morgan fingerprint density at radius 1 is 0.594 bits per heavy atom. The van der Waals surface area contributed by atoms with Gasteiger partial charge in [0.05, 0.1) is 12.6 Å². The largest absolute Gasteiger partial charge is 0.394 e. The first-order chi connectivity index (χ1) is 15.8. The van der Waals surface area contributed by atoms with Gasteiger partial charge in [-0.05, 0) is 49.4 Å². The van der Waals surface area contributed by atoms with Crippen LogP contribution in [-0.2, 0) is 13.1 Å². The standard InChI is InChI=1S/C30H25NO/c32-20-28(23-10-2-1-3-11-23)31-18-24-16-14-21-8-4-6-12-26(21)29(24)30-25(19-31)17-15-22-9-5-7-13-27(22)30/h1-17,28,32H,18-20H2/t28-/m1/s1. The van der Waals surface area contributed by atoms with Gasteiger partial charge >= 0.3 is 0 Å². The number of rotatable bonds is 3. The highest BCUT2D eigenvalue weighted by Gasteiger charge is 2.27. The normalized spacial score (nSPS) is 14.7. The molecule has 0 saturated carbocycles. The Kier molecular flexibility index (Phi) is 4.75. The number of hydrogen-bond donors (Lipinski definition) is 1. The van der Waals surface area contributed by atoms with Gasteiger partial charge in [-0.2, -0.15) is 0 Å². The Morgan fingerprint density at radius 3 is 1.62 bits per heavy atom. The summed E-state index contributed by atoms with van der Waals surface area (Å²) in [5.74, 6) is 0. The van der Waals surface area contributed by atoms with Crippen molar-refractivity contribution in [2.45, 2.75) is 19.1 Å². The Bertz CT molecular complexity index is 1340. The second-order valence-corrected chi connectivity index (χ2v) is 8.66. The quantitative estimate of drug-likeness (QED) is 0.354. The first-order valence-corrected chi connectivity index (χ1v) is 11.2. The van der Waals surface area contributed by atoms with E-state index < -0.39 is 0 Å². The van der Waals surface area contributed by atoms with Crippen molar-refractivity contribution in [1.29, 1.82) is 0 Å². The molecule has 32 heavy (non-hydrogen) atoms. The Labute approximate surface area is 188 Å². The van der Waals surface area contributed by atoms with E-state index in [0.29, 0.717) is 0 Å². The van der Waals surface area contributed by atoms with Crippen molar-refractivity contribution in [3.8, 4) is 11.1 Å². The molecule has 0 aliphatic carbocycles. The SMILES string of the molecule is OC[C@H](c1ccccc1)N1Cc2ccc3ccccc3c2-c2c(ccc3ccccc23)C1. The van der Waals surface area contributed by atoms with E-state index in [4.69, 9.17) is 0 Å². The summed E-state index contributed by atoms with van der Waals surface area (Å²) in [6, 6.07) is 36.7. The van der Waals surface area contributed by atoms with Gasteiger partial charge in [0.15, 0.2) is 0 Å². The van der Waals surface area contributed by atoms with Gasteiger partial charge in [-0.25, -0.2) is 0 Å². The first-order valence-electron chi connectivity index (χ1n) is 11.2. The van der Waals surface area contributed by atoms with E-state index in [2.05, 4.69) is 102 Å². The number of nitrogens with zero attached hydrogens (tertiary/aromatic N) is 1. The summed E-state index contributed by atoms with van der Waals surface area (Å²) in [4.78, 5) is 2.42. The maximum Gasteiger partial charge on any atom is 0.0628 e. The van der Waals surface area contributed by atoms with Crippen LogP contribution in [0.25, 0.3) is 32.7 Å². The van der Waals surface area contributed by atoms with Gasteiger partial charge in [0.25, 0.3) is 0 Å². The third-order valence-electron chi connectivity index (χ3n) is 6.83. The molecule has 5 aromatic carbocycles. The molecule has 0 unspecified atom stereocenters. The van der Waals surface area contributed by atoms with Crippen LogP contribution in [0.2, 0.25) is 0 Å². The Balaban J connectivity index is 1.64. The van der Waals surface area contributed by atoms with Gasteiger partial charge in [0.2, 0.25) is 0 Å². The zero-order valence-electron chi connectivity index (χ0n) is 17.9. The fourth-order valence-corrected chi connectivity index (χ4v) is 5.31. The van der Waals surface area contributed by atoms with E-state index in [1.54, 1.807) is 0 Å². The van der Waals surface area contributed by atoms with Crippen LogP contribution in [0.4, 0.5) is 0 Å². The van der Waals surface area contributed by atoms with E-state index >= 15 is 0 Å². The van der Waals surface area contributed by atoms with Crippen LogP contribution in [0, 0.1) is 0 Å². The van der Waals surface area contributed by atoms with E-state index in [1.165, 1.54) is 43.8 Å². The van der Waals surface area contributed by atoms with Crippen molar-refractivity contribution >= 4 is 21.5 Å². The molecule has 2 nitrogen and oxygen atoms in total. The van der Waals surface area contributed by atoms with E-state index in [-0.39, 0.29) is 12.6 Å². The minimum absolute atomic E-state index is 0.0482. The number of aliphatic hydroxyl groups is 1. The molecule has 6 rings (SSSR count). The third-order valence-corrected chi connectivity index (χ3v) is 6.83. The van der Waals surface area contributed by atoms with Gasteiger partial charge in [-0.15, -0.1) is 0 Å². The van der Waals surface area contributed by atoms with Crippen LogP contribution < -0.4 is 0 Å². The molecular weight excluding hydrogens is 390 g/mol. The van der Waals surface area contributed by atoms with Crippen LogP contribution in [0.3, 0.4) is 0 Å². The predicted molar refractivity (Wildman–Crippen MR) is 132 cm³/mol. The van der Waals surface area contributed by atoms with Crippen molar-refractivity contribution in [3.05, 3.63) is 120 Å². The average molecular weight is 416 g/mol. The molecule has 2 heteroatoms. The van der Waals surface area contributed by atoms with E-state index in [0.717, 1.165) is 18.7 Å². The minimum atomic E-state index is -0.0482. The highest BCUT2D eigenvalue weighted by Crippen LogP contribution is 2.43. The summed E-state index contributed by atoms with van der Waals surface area (Å²) >= 11 is 0. The minimum Gasteiger partial charge on any atom is -0.394 e. The molecule has 1 atom stereocenters. The third kappa shape index (κ3) is 3.12. The van der Waals surface area contributed by atoms with E-state index in [1.807, 2.05) is 6.07 Å². The molecule has 1 aliphatic rings. The average Bonchev–Trinajstić information content (AvgIpc) is 3.02. The van der Waals surface area contributed by atoms with Gasteiger partial charge in [0, 0.05) is 13.1 Å². The first kappa shape index (κ1) is 19.2. The van der Waals surface area contributed by atoms with Crippen molar-refractivity contribution in [3.63, 3.8) is 0 Å². The molecule has 0 aromatic heterocycles. The smallest absolute Gasteiger partial charge is 0.0628 e. The lowest BCUT2D eigenvalue weighted by molar-refractivity contribution is 0.111. The predicted octanol–water partition coefficient (Wildman–Crippen LogP) is 6.71. The summed E-state index contributed by atoms with van der Waals surface area (Å²) in [5, 5.41) is 15.5. The Hall–Kier alpha value is -3.46. The molecule has 1 heterocycles. The molecule has 1 aliphatic heterocycles. The summed E-state index contributed by atoms with van der Waals surface area (Å²) in [6.07, 6.45) is 0. The highest BCUT2D eigenvalue weighted by atomic mass is 16.3. The topological polar surface area (TPSA) is 23.5 Å². The van der Waals surface area contributed by atoms with Crippen molar-refractivity contribution in [2.75, 3.05) is 6.61 Å². The Morgan fingerprint density at radius 2 is 1.09 bits per heavy atom. The monoisotopic (exact) mass is 415 g/mol. The van der Waals surface area contributed by atoms with Crippen molar-refractivity contribution < 1.29 is 5.11 Å². The lowest BCUT2D eigenvalue weighted by atomic mass is 9.88. The summed E-state index contributed by atoms with van der Waals surface area (Å²) < 4.78 is 0. The maximum atomic E-state index is 10.4. The van der Waals surface area contributed by atoms with Gasteiger partial charge in [-0.3, -0.25) is 4.90 Å². The van der Waals surface area contributed by atoms with Gasteiger partial charge in [-0.1, -0.05) is 103 Å². The van der Waals surface area contributed by atoms with Gasteiger partial charge < -0.3 is 5.11 Å². The molecular formula is C30H25NO. The fraction of sp³-hybridized carbons (Fsp3) is 0.133. The summed E-state index contributed by atoms with van der Waals surface area (Å²) in [7, 11) is 0. The number of benzene rings is 5. The fourth-order valence-electron chi connectivity index (χ4n) is 5.31. The zero-order chi connectivity index (χ0) is 21.5. The van der Waals surface area contributed by atoms with Crippen LogP contribution in [0.1, 0.15) is 22.7 Å². The van der Waals surface area contributed by atoms with Crippen molar-refractivity contribution in [1.82, 2.24) is 4.90 Å². The lowest BCUT2D eigenvalue weighted by Gasteiger charge is -2.30. The second kappa shape index (κ2) is 7.90.